The van der Waals surface area contributed by atoms with E-state index in [0.29, 0.717) is 4.73 Å². The SMILES string of the molecule is O=C(On1cccc2c(=O)[nH]cc1-2)C(F)(F)F. The molecule has 90 valence electrons. The molecule has 2 rings (SSSR count). The number of carbonyl (C=O) groups is 1. The van der Waals surface area contributed by atoms with Crippen molar-refractivity contribution >= 4 is 5.97 Å². The van der Waals surface area contributed by atoms with Gasteiger partial charge in [-0.2, -0.15) is 17.9 Å². The zero-order valence-electron chi connectivity index (χ0n) is 8.12. The largest absolute Gasteiger partial charge is 0.493 e. The first kappa shape index (κ1) is 11.2. The lowest BCUT2D eigenvalue weighted by atomic mass is 10.2. The number of H-pyrrole nitrogens is 1. The van der Waals surface area contributed by atoms with Crippen LogP contribution < -0.4 is 10.4 Å². The van der Waals surface area contributed by atoms with E-state index in [2.05, 4.69) is 9.82 Å². The molecule has 2 aliphatic heterocycles. The fourth-order valence-electron chi connectivity index (χ4n) is 1.27. The van der Waals surface area contributed by atoms with Crippen LogP contribution in [0.5, 0.6) is 0 Å². The highest BCUT2D eigenvalue weighted by molar-refractivity contribution is 5.76. The number of carbonyl (C=O) groups excluding carboxylic acids is 1. The zero-order chi connectivity index (χ0) is 12.6. The second-order valence-electron chi connectivity index (χ2n) is 3.13. The maximum Gasteiger partial charge on any atom is 0.493 e. The molecule has 1 N–H and O–H groups in total. The number of aromatic amines is 1. The second kappa shape index (κ2) is 3.65. The van der Waals surface area contributed by atoms with Gasteiger partial charge in [0.05, 0.1) is 5.56 Å². The van der Waals surface area contributed by atoms with Gasteiger partial charge in [-0.25, -0.2) is 4.79 Å². The Labute approximate surface area is 91.7 Å². The molecule has 0 saturated heterocycles. The van der Waals surface area contributed by atoms with Gasteiger partial charge in [0.1, 0.15) is 5.69 Å². The van der Waals surface area contributed by atoms with E-state index in [-0.39, 0.29) is 11.3 Å². The summed E-state index contributed by atoms with van der Waals surface area (Å²) in [5.74, 6) is -2.36. The molecule has 0 aromatic heterocycles. The first-order valence-corrected chi connectivity index (χ1v) is 4.38. The van der Waals surface area contributed by atoms with Crippen LogP contribution in [0.1, 0.15) is 0 Å². The van der Waals surface area contributed by atoms with Crippen molar-refractivity contribution in [3.05, 3.63) is 34.9 Å². The molecule has 0 aromatic carbocycles. The lowest BCUT2D eigenvalue weighted by Crippen LogP contribution is -2.33. The lowest BCUT2D eigenvalue weighted by Gasteiger charge is -2.11. The molecule has 0 fully saturated rings. The summed E-state index contributed by atoms with van der Waals surface area (Å²) >= 11 is 0. The summed E-state index contributed by atoms with van der Waals surface area (Å²) in [6.07, 6.45) is -2.84. The van der Waals surface area contributed by atoms with Gasteiger partial charge in [0.15, 0.2) is 0 Å². The molecule has 8 heteroatoms. The Balaban J connectivity index is 2.37. The monoisotopic (exact) mass is 246 g/mol. The van der Waals surface area contributed by atoms with Gasteiger partial charge in [-0.05, 0) is 12.1 Å². The number of rotatable bonds is 1. The van der Waals surface area contributed by atoms with Gasteiger partial charge in [-0.3, -0.25) is 4.79 Å². The summed E-state index contributed by atoms with van der Waals surface area (Å²) in [5, 5.41) is 0. The summed E-state index contributed by atoms with van der Waals surface area (Å²) in [6, 6.07) is 2.69. The maximum absolute atomic E-state index is 12.0. The molecular weight excluding hydrogens is 241 g/mol. The number of pyridine rings is 1. The van der Waals surface area contributed by atoms with Crippen molar-refractivity contribution in [2.75, 3.05) is 0 Å². The van der Waals surface area contributed by atoms with Gasteiger partial charge in [0, 0.05) is 12.4 Å². The van der Waals surface area contributed by atoms with Gasteiger partial charge < -0.3 is 9.82 Å². The van der Waals surface area contributed by atoms with Crippen LogP contribution in [0.4, 0.5) is 13.2 Å². The molecule has 17 heavy (non-hydrogen) atoms. The van der Waals surface area contributed by atoms with Gasteiger partial charge >= 0.3 is 12.1 Å². The Morgan fingerprint density at radius 3 is 2.76 bits per heavy atom. The molecule has 5 nitrogen and oxygen atoms in total. The maximum atomic E-state index is 12.0. The predicted molar refractivity (Wildman–Crippen MR) is 49.3 cm³/mol. The Bertz CT molecular complexity index is 584. The van der Waals surface area contributed by atoms with Gasteiger partial charge in [0.2, 0.25) is 0 Å². The number of fused-ring (bicyclic) bond motifs is 1. The third-order valence-electron chi connectivity index (χ3n) is 2.00. The average molecular weight is 246 g/mol. The number of alkyl halides is 3. The highest BCUT2D eigenvalue weighted by Crippen LogP contribution is 2.18. The minimum absolute atomic E-state index is 0.0510. The molecule has 0 aliphatic carbocycles. The molecule has 0 spiro atoms. The van der Waals surface area contributed by atoms with E-state index in [1.54, 1.807) is 0 Å². The van der Waals surface area contributed by atoms with Crippen molar-refractivity contribution in [2.45, 2.75) is 6.18 Å². The van der Waals surface area contributed by atoms with Crippen LogP contribution in [0.25, 0.3) is 11.3 Å². The van der Waals surface area contributed by atoms with Crippen LogP contribution in [0.3, 0.4) is 0 Å². The van der Waals surface area contributed by atoms with Gasteiger partial charge in [0.25, 0.3) is 5.56 Å². The van der Waals surface area contributed by atoms with Gasteiger partial charge in [-0.15, -0.1) is 0 Å². The summed E-state index contributed by atoms with van der Waals surface area (Å²) in [5.41, 5.74) is -0.296. The van der Waals surface area contributed by atoms with E-state index in [0.717, 1.165) is 12.4 Å². The molecule has 0 radical (unpaired) electrons. The number of aromatic nitrogens is 2. The van der Waals surface area contributed by atoms with Crippen LogP contribution in [-0.2, 0) is 4.79 Å². The van der Waals surface area contributed by atoms with E-state index in [9.17, 15) is 22.8 Å². The fraction of sp³-hybridized carbons (Fsp3) is 0.111. The highest BCUT2D eigenvalue weighted by atomic mass is 19.4. The summed E-state index contributed by atoms with van der Waals surface area (Å²) in [7, 11) is 0. The van der Waals surface area contributed by atoms with Crippen LogP contribution in [0.2, 0.25) is 0 Å². The quantitative estimate of drug-likeness (QED) is 0.809. The standard InChI is InChI=1S/C9H5F3N2O3/c10-9(11,12)8(16)17-14-3-1-2-5-6(14)4-13-7(5)15/h1-4H,(H,13,15). The van der Waals surface area contributed by atoms with E-state index >= 15 is 0 Å². The van der Waals surface area contributed by atoms with Crippen LogP contribution in [-0.4, -0.2) is 21.9 Å². The first-order chi connectivity index (χ1) is 7.89. The Hall–Kier alpha value is -2.25. The Morgan fingerprint density at radius 2 is 2.12 bits per heavy atom. The van der Waals surface area contributed by atoms with E-state index in [1.807, 2.05) is 0 Å². The molecule has 0 aromatic rings. The minimum atomic E-state index is -5.09. The topological polar surface area (TPSA) is 64.1 Å². The second-order valence-corrected chi connectivity index (χ2v) is 3.13. The van der Waals surface area contributed by atoms with E-state index in [4.69, 9.17) is 0 Å². The molecule has 0 atom stereocenters. The van der Waals surface area contributed by atoms with Crippen molar-refractivity contribution in [3.63, 3.8) is 0 Å². The van der Waals surface area contributed by atoms with Crippen LogP contribution >= 0.6 is 0 Å². The van der Waals surface area contributed by atoms with E-state index < -0.39 is 17.7 Å². The third kappa shape index (κ3) is 2.01. The Morgan fingerprint density at radius 1 is 1.41 bits per heavy atom. The van der Waals surface area contributed by atoms with Crippen molar-refractivity contribution in [2.24, 2.45) is 0 Å². The molecule has 2 aliphatic rings. The number of nitrogens with zero attached hydrogens (tertiary/aromatic N) is 1. The Kier molecular flexibility index (Phi) is 2.41. The van der Waals surface area contributed by atoms with Crippen molar-refractivity contribution in [1.29, 1.82) is 0 Å². The highest BCUT2D eigenvalue weighted by Gasteiger charge is 2.42. The zero-order valence-corrected chi connectivity index (χ0v) is 8.12. The van der Waals surface area contributed by atoms with Crippen LogP contribution in [0.15, 0.2) is 29.3 Å². The number of nitrogens with one attached hydrogen (secondary N) is 1. The smallest absolute Gasteiger partial charge is 0.328 e. The molecule has 0 bridgehead atoms. The molecule has 2 heterocycles. The number of hydrogen-bond acceptors (Lipinski definition) is 3. The molecule has 0 unspecified atom stereocenters. The molecule has 0 amide bonds. The van der Waals surface area contributed by atoms with Crippen molar-refractivity contribution in [3.8, 4) is 11.3 Å². The normalized spacial score (nSPS) is 11.7. The predicted octanol–water partition coefficient (Wildman–Crippen LogP) is 0.799. The van der Waals surface area contributed by atoms with Crippen LogP contribution in [0, 0.1) is 0 Å². The lowest BCUT2D eigenvalue weighted by molar-refractivity contribution is -0.199. The first-order valence-electron chi connectivity index (χ1n) is 4.38. The number of halogens is 3. The summed E-state index contributed by atoms with van der Waals surface area (Å²) < 4.78 is 36.5. The third-order valence-corrected chi connectivity index (χ3v) is 2.00. The minimum Gasteiger partial charge on any atom is -0.328 e. The molecular formula is C9H5F3N2O3. The number of hydrogen-bond donors (Lipinski definition) is 1. The molecule has 0 saturated carbocycles. The van der Waals surface area contributed by atoms with E-state index in [1.165, 1.54) is 12.1 Å². The van der Waals surface area contributed by atoms with Gasteiger partial charge in [-0.1, -0.05) is 0 Å². The van der Waals surface area contributed by atoms with Crippen molar-refractivity contribution in [1.82, 2.24) is 9.71 Å². The fourth-order valence-corrected chi connectivity index (χ4v) is 1.27. The van der Waals surface area contributed by atoms with Crippen molar-refractivity contribution < 1.29 is 22.8 Å². The summed E-state index contributed by atoms with van der Waals surface area (Å²) in [4.78, 5) is 28.2. The average Bonchev–Trinajstić information content (AvgIpc) is 2.60. The summed E-state index contributed by atoms with van der Waals surface area (Å²) in [6.45, 7) is 0.